The number of hydrogen-bond acceptors (Lipinski definition) is 8. The Morgan fingerprint density at radius 1 is 1.16 bits per heavy atom. The molecule has 0 spiro atoms. The SMILES string of the molecule is [2H]C([2H])([2H])NCC[C@@H](Oc1ccc(OC2OC(C(=O)O)C(O)C(O)C2O)cc1C)c1ccccc1. The lowest BCUT2D eigenvalue weighted by Gasteiger charge is -2.38. The van der Waals surface area contributed by atoms with E-state index in [4.69, 9.17) is 18.3 Å². The summed E-state index contributed by atoms with van der Waals surface area (Å²) in [6, 6.07) is 14.1. The normalized spacial score (nSPS) is 28.1. The van der Waals surface area contributed by atoms with Gasteiger partial charge in [-0.25, -0.2) is 4.79 Å². The van der Waals surface area contributed by atoms with Crippen molar-refractivity contribution in [3.8, 4) is 11.5 Å². The van der Waals surface area contributed by atoms with Crippen molar-refractivity contribution in [3.63, 3.8) is 0 Å². The first-order chi connectivity index (χ1) is 16.5. The van der Waals surface area contributed by atoms with Crippen LogP contribution in [-0.4, -0.2) is 70.6 Å². The average Bonchev–Trinajstić information content (AvgIpc) is 2.79. The first-order valence-electron chi connectivity index (χ1n) is 11.6. The Morgan fingerprint density at radius 3 is 2.56 bits per heavy atom. The van der Waals surface area contributed by atoms with Crippen LogP contribution < -0.4 is 14.8 Å². The molecule has 0 saturated carbocycles. The van der Waals surface area contributed by atoms with E-state index >= 15 is 0 Å². The number of carboxylic acids is 1. The smallest absolute Gasteiger partial charge is 0.335 e. The molecule has 32 heavy (non-hydrogen) atoms. The second-order valence-electron chi connectivity index (χ2n) is 7.51. The van der Waals surface area contributed by atoms with Crippen LogP contribution in [0.2, 0.25) is 0 Å². The van der Waals surface area contributed by atoms with Gasteiger partial charge < -0.3 is 40.0 Å². The van der Waals surface area contributed by atoms with Crippen molar-refractivity contribution in [2.24, 2.45) is 0 Å². The monoisotopic (exact) mass is 450 g/mol. The summed E-state index contributed by atoms with van der Waals surface area (Å²) in [4.78, 5) is 11.3. The van der Waals surface area contributed by atoms with Gasteiger partial charge in [-0.15, -0.1) is 0 Å². The molecular formula is C23H29NO8. The van der Waals surface area contributed by atoms with E-state index in [0.717, 1.165) is 5.56 Å². The third-order valence-corrected chi connectivity index (χ3v) is 5.18. The van der Waals surface area contributed by atoms with Gasteiger partial charge in [0.2, 0.25) is 6.29 Å². The van der Waals surface area contributed by atoms with Crippen LogP contribution in [0.4, 0.5) is 0 Å². The van der Waals surface area contributed by atoms with E-state index in [1.54, 1.807) is 19.1 Å². The minimum absolute atomic E-state index is 0.201. The Bertz CT molecular complexity index is 990. The van der Waals surface area contributed by atoms with Crippen molar-refractivity contribution < 1.29 is 43.5 Å². The van der Waals surface area contributed by atoms with Gasteiger partial charge in [0.05, 0.1) is 0 Å². The molecule has 9 heteroatoms. The van der Waals surface area contributed by atoms with Crippen LogP contribution in [-0.2, 0) is 9.53 Å². The number of aliphatic carboxylic acids is 1. The first-order valence-corrected chi connectivity index (χ1v) is 10.1. The predicted octanol–water partition coefficient (Wildman–Crippen LogP) is 0.996. The van der Waals surface area contributed by atoms with Crippen molar-refractivity contribution in [1.82, 2.24) is 5.32 Å². The second kappa shape index (κ2) is 10.8. The van der Waals surface area contributed by atoms with Gasteiger partial charge in [-0.3, -0.25) is 0 Å². The predicted molar refractivity (Wildman–Crippen MR) is 114 cm³/mol. The third kappa shape index (κ3) is 5.56. The van der Waals surface area contributed by atoms with E-state index < -0.39 is 49.8 Å². The second-order valence-corrected chi connectivity index (χ2v) is 7.51. The van der Waals surface area contributed by atoms with Gasteiger partial charge in [-0.2, -0.15) is 0 Å². The minimum atomic E-state index is -2.26. The molecule has 1 saturated heterocycles. The molecule has 0 bridgehead atoms. The molecule has 1 fully saturated rings. The van der Waals surface area contributed by atoms with E-state index in [2.05, 4.69) is 5.32 Å². The highest BCUT2D eigenvalue weighted by molar-refractivity contribution is 5.73. The molecule has 1 aliphatic heterocycles. The number of carbonyl (C=O) groups is 1. The Morgan fingerprint density at radius 2 is 1.91 bits per heavy atom. The molecule has 0 aliphatic carbocycles. The maximum absolute atomic E-state index is 11.3. The van der Waals surface area contributed by atoms with E-state index in [1.165, 1.54) is 6.07 Å². The third-order valence-electron chi connectivity index (χ3n) is 5.18. The van der Waals surface area contributed by atoms with Crippen LogP contribution in [0.25, 0.3) is 0 Å². The van der Waals surface area contributed by atoms with Gasteiger partial charge in [-0.1, -0.05) is 30.3 Å². The lowest BCUT2D eigenvalue weighted by atomic mass is 9.99. The Labute approximate surface area is 190 Å². The molecule has 2 aromatic carbocycles. The standard InChI is InChI=1S/C23H29NO8/c1-13-12-15(30-23-20(27)18(25)19(26)21(32-23)22(28)29)8-9-16(13)31-17(10-11-24-2)14-6-4-3-5-7-14/h3-9,12,17-21,23-27H,10-11H2,1-2H3,(H,28,29)/t17-,18?,19?,20?,21?,23?/m1/s1/i2D3. The van der Waals surface area contributed by atoms with Gasteiger partial charge in [0.25, 0.3) is 0 Å². The Hall–Kier alpha value is -2.69. The molecule has 3 rings (SSSR count). The average molecular weight is 451 g/mol. The van der Waals surface area contributed by atoms with E-state index in [1.807, 2.05) is 30.3 Å². The minimum Gasteiger partial charge on any atom is -0.485 e. The molecule has 0 aromatic heterocycles. The molecular weight excluding hydrogens is 418 g/mol. The van der Waals surface area contributed by atoms with Crippen molar-refractivity contribution >= 4 is 5.97 Å². The summed E-state index contributed by atoms with van der Waals surface area (Å²) >= 11 is 0. The highest BCUT2D eigenvalue weighted by atomic mass is 16.7. The number of ether oxygens (including phenoxy) is 3. The van der Waals surface area contributed by atoms with E-state index in [0.29, 0.717) is 17.7 Å². The zero-order valence-corrected chi connectivity index (χ0v) is 17.4. The molecule has 1 aliphatic rings. The summed E-state index contributed by atoms with van der Waals surface area (Å²) in [7, 11) is 0. The van der Waals surface area contributed by atoms with Crippen LogP contribution in [0, 0.1) is 6.92 Å². The number of nitrogens with one attached hydrogen (secondary N) is 1. The highest BCUT2D eigenvalue weighted by Crippen LogP contribution is 2.31. The van der Waals surface area contributed by atoms with Crippen molar-refractivity contribution in [2.45, 2.75) is 50.2 Å². The number of aliphatic hydroxyl groups excluding tert-OH is 3. The number of rotatable bonds is 9. The van der Waals surface area contributed by atoms with Crippen LogP contribution in [0.5, 0.6) is 11.5 Å². The van der Waals surface area contributed by atoms with Crippen LogP contribution >= 0.6 is 0 Å². The summed E-state index contributed by atoms with van der Waals surface area (Å²) in [6.45, 7) is -0.307. The number of aryl methyl sites for hydroxylation is 1. The summed E-state index contributed by atoms with van der Waals surface area (Å²) in [5.41, 5.74) is 1.51. The first kappa shape index (κ1) is 20.0. The topological polar surface area (TPSA) is 138 Å². The summed E-state index contributed by atoms with van der Waals surface area (Å²) in [5, 5.41) is 41.6. The van der Waals surface area contributed by atoms with Gasteiger partial charge in [0.15, 0.2) is 6.10 Å². The van der Waals surface area contributed by atoms with Crippen LogP contribution in [0.3, 0.4) is 0 Å². The zero-order valence-electron chi connectivity index (χ0n) is 20.4. The maximum atomic E-state index is 11.3. The number of hydrogen-bond donors (Lipinski definition) is 5. The fourth-order valence-corrected chi connectivity index (χ4v) is 3.43. The number of benzene rings is 2. The van der Waals surface area contributed by atoms with E-state index in [-0.39, 0.29) is 12.3 Å². The maximum Gasteiger partial charge on any atom is 0.335 e. The number of carboxylic acid groups (broad SMARTS) is 1. The van der Waals surface area contributed by atoms with Crippen LogP contribution in [0.1, 0.15) is 27.8 Å². The quantitative estimate of drug-likeness (QED) is 0.379. The van der Waals surface area contributed by atoms with Crippen LogP contribution in [0.15, 0.2) is 48.5 Å². The molecule has 174 valence electrons. The Kier molecular flexibility index (Phi) is 6.71. The summed E-state index contributed by atoms with van der Waals surface area (Å²) < 4.78 is 38.8. The van der Waals surface area contributed by atoms with Gasteiger partial charge in [-0.05, 0) is 49.8 Å². The van der Waals surface area contributed by atoms with Gasteiger partial charge >= 0.3 is 5.97 Å². The summed E-state index contributed by atoms with van der Waals surface area (Å²) in [6.07, 6.45) is -8.60. The van der Waals surface area contributed by atoms with Crippen molar-refractivity contribution in [3.05, 3.63) is 59.7 Å². The molecule has 0 radical (unpaired) electrons. The molecule has 9 nitrogen and oxygen atoms in total. The largest absolute Gasteiger partial charge is 0.485 e. The van der Waals surface area contributed by atoms with Gasteiger partial charge in [0.1, 0.15) is 35.9 Å². The Balaban J connectivity index is 1.72. The molecule has 2 aromatic rings. The molecule has 1 heterocycles. The van der Waals surface area contributed by atoms with E-state index in [9.17, 15) is 25.2 Å². The zero-order chi connectivity index (χ0) is 25.8. The lowest BCUT2D eigenvalue weighted by molar-refractivity contribution is -0.271. The van der Waals surface area contributed by atoms with Gasteiger partial charge in [0, 0.05) is 10.5 Å². The van der Waals surface area contributed by atoms with Crippen molar-refractivity contribution in [1.29, 1.82) is 0 Å². The summed E-state index contributed by atoms with van der Waals surface area (Å²) in [5.74, 6) is -0.784. The van der Waals surface area contributed by atoms with Crippen molar-refractivity contribution in [2.75, 3.05) is 13.5 Å². The fraction of sp³-hybridized carbons (Fsp3) is 0.435. The fourth-order valence-electron chi connectivity index (χ4n) is 3.43. The lowest BCUT2D eigenvalue weighted by Crippen LogP contribution is -2.61. The highest BCUT2D eigenvalue weighted by Gasteiger charge is 2.48. The number of aliphatic hydroxyl groups is 3. The molecule has 6 atom stereocenters. The molecule has 5 unspecified atom stereocenters. The molecule has 5 N–H and O–H groups in total. The molecule has 0 amide bonds.